The average molecular weight is 474 g/mol. The molecule has 0 aliphatic carbocycles. The number of amides is 1. The largest absolute Gasteiger partial charge is 0.416 e. The number of carbonyl (C=O) groups is 1. The van der Waals surface area contributed by atoms with Gasteiger partial charge in [0.2, 0.25) is 0 Å². The molecule has 0 bridgehead atoms. The van der Waals surface area contributed by atoms with Gasteiger partial charge >= 0.3 is 6.18 Å². The quantitative estimate of drug-likeness (QED) is 0.307. The van der Waals surface area contributed by atoms with Crippen LogP contribution in [0.3, 0.4) is 0 Å². The molecule has 1 aliphatic rings. The molecule has 1 aliphatic heterocycles. The van der Waals surface area contributed by atoms with Crippen molar-refractivity contribution < 1.29 is 27.5 Å². The molecule has 0 saturated carbocycles. The van der Waals surface area contributed by atoms with Crippen LogP contribution in [0.4, 0.5) is 28.9 Å². The Morgan fingerprint density at radius 1 is 1.26 bits per heavy atom. The smallest absolute Gasteiger partial charge is 0.404 e. The van der Waals surface area contributed by atoms with E-state index in [1.807, 2.05) is 0 Å². The van der Waals surface area contributed by atoms with Crippen molar-refractivity contribution in [2.24, 2.45) is 5.73 Å². The van der Waals surface area contributed by atoms with Crippen molar-refractivity contribution in [2.75, 3.05) is 23.3 Å². The Morgan fingerprint density at radius 3 is 2.68 bits per heavy atom. The number of piperidine rings is 1. The van der Waals surface area contributed by atoms with E-state index in [-0.39, 0.29) is 23.4 Å². The Morgan fingerprint density at radius 2 is 2.03 bits per heavy atom. The lowest BCUT2D eigenvalue weighted by molar-refractivity contribution is -0.137. The summed E-state index contributed by atoms with van der Waals surface area (Å²) in [6.07, 6.45) is -2.07. The van der Waals surface area contributed by atoms with Gasteiger partial charge in [-0.25, -0.2) is 4.39 Å². The van der Waals surface area contributed by atoms with Crippen LogP contribution in [0.15, 0.2) is 48.2 Å². The molecule has 34 heavy (non-hydrogen) atoms. The van der Waals surface area contributed by atoms with E-state index < -0.39 is 35.1 Å². The minimum atomic E-state index is -4.65. The second-order valence-corrected chi connectivity index (χ2v) is 7.64. The number of hydrogen-bond acceptors (Lipinski definition) is 5. The third-order valence-corrected chi connectivity index (χ3v) is 5.21. The zero-order valence-electron chi connectivity index (χ0n) is 17.9. The molecule has 1 fully saturated rings. The Kier molecular flexibility index (Phi) is 7.58. The van der Waals surface area contributed by atoms with Crippen LogP contribution >= 0.6 is 0 Å². The standard InChI is InChI=1S/C24H22F4N4O2/c25-20-7-5-15(3-4-16(12-29)13-30)10-19(20)23(34)31-21-11-17(24(26,27)28)6-8-22(21)32-9-1-2-18(33)14-32/h5-8,10-13,18,29,33H,1-2,9,14,30H2,(H,31,34)/b16-13-,29-12?/t18-/m1/s1. The molecule has 1 heterocycles. The highest BCUT2D eigenvalue weighted by molar-refractivity contribution is 6.06. The molecule has 5 N–H and O–H groups in total. The lowest BCUT2D eigenvalue weighted by Gasteiger charge is -2.33. The van der Waals surface area contributed by atoms with Crippen LogP contribution in [0.2, 0.25) is 0 Å². The van der Waals surface area contributed by atoms with Crippen molar-refractivity contribution in [1.29, 1.82) is 5.41 Å². The minimum absolute atomic E-state index is 0.151. The Labute approximate surface area is 193 Å². The Bertz CT molecular complexity index is 1180. The molecule has 2 aromatic carbocycles. The average Bonchev–Trinajstić information content (AvgIpc) is 2.80. The summed E-state index contributed by atoms with van der Waals surface area (Å²) in [5.74, 6) is 3.39. The van der Waals surface area contributed by atoms with Gasteiger partial charge in [0.05, 0.1) is 34.2 Å². The fraction of sp³-hybridized carbons (Fsp3) is 0.250. The molecular formula is C24H22F4N4O2. The number of benzene rings is 2. The normalized spacial score (nSPS) is 16.4. The van der Waals surface area contributed by atoms with Crippen LogP contribution in [-0.2, 0) is 6.18 Å². The van der Waals surface area contributed by atoms with Gasteiger partial charge in [-0.05, 0) is 49.2 Å². The second-order valence-electron chi connectivity index (χ2n) is 7.64. The first-order valence-electron chi connectivity index (χ1n) is 10.3. The topological polar surface area (TPSA) is 102 Å². The van der Waals surface area contributed by atoms with E-state index in [1.165, 1.54) is 12.1 Å². The maximum absolute atomic E-state index is 14.4. The van der Waals surface area contributed by atoms with Gasteiger partial charge in [0.25, 0.3) is 5.91 Å². The van der Waals surface area contributed by atoms with Gasteiger partial charge in [0.1, 0.15) is 5.82 Å². The Hall–Kier alpha value is -3.84. The van der Waals surface area contributed by atoms with E-state index in [2.05, 4.69) is 17.2 Å². The Balaban J connectivity index is 1.97. The summed E-state index contributed by atoms with van der Waals surface area (Å²) < 4.78 is 54.4. The predicted molar refractivity (Wildman–Crippen MR) is 121 cm³/mol. The van der Waals surface area contributed by atoms with Crippen LogP contribution < -0.4 is 16.0 Å². The molecular weight excluding hydrogens is 452 g/mol. The number of rotatable bonds is 4. The summed E-state index contributed by atoms with van der Waals surface area (Å²) in [6.45, 7) is 0.673. The van der Waals surface area contributed by atoms with Crippen molar-refractivity contribution in [3.63, 3.8) is 0 Å². The number of nitrogens with one attached hydrogen (secondary N) is 2. The van der Waals surface area contributed by atoms with Gasteiger partial charge in [0.15, 0.2) is 0 Å². The second kappa shape index (κ2) is 10.4. The van der Waals surface area contributed by atoms with E-state index in [4.69, 9.17) is 11.1 Å². The minimum Gasteiger partial charge on any atom is -0.404 e. The van der Waals surface area contributed by atoms with Crippen LogP contribution in [0, 0.1) is 23.1 Å². The summed E-state index contributed by atoms with van der Waals surface area (Å²) in [7, 11) is 0. The molecule has 0 radical (unpaired) electrons. The number of aliphatic hydroxyl groups is 1. The van der Waals surface area contributed by atoms with Gasteiger partial charge < -0.3 is 26.5 Å². The maximum atomic E-state index is 14.4. The number of carbonyl (C=O) groups excluding carboxylic acids is 1. The summed E-state index contributed by atoms with van der Waals surface area (Å²) in [5.41, 5.74) is 4.52. The van der Waals surface area contributed by atoms with Crippen molar-refractivity contribution in [2.45, 2.75) is 25.1 Å². The number of alkyl halides is 3. The molecule has 0 aromatic heterocycles. The zero-order valence-corrected chi connectivity index (χ0v) is 17.9. The summed E-state index contributed by atoms with van der Waals surface area (Å²) in [6, 6.07) is 6.42. The first-order chi connectivity index (χ1) is 16.1. The third kappa shape index (κ3) is 5.94. The van der Waals surface area contributed by atoms with Crippen LogP contribution in [0.25, 0.3) is 0 Å². The summed E-state index contributed by atoms with van der Waals surface area (Å²) >= 11 is 0. The van der Waals surface area contributed by atoms with Gasteiger partial charge in [-0.2, -0.15) is 13.2 Å². The van der Waals surface area contributed by atoms with Crippen molar-refractivity contribution >= 4 is 23.5 Å². The highest BCUT2D eigenvalue weighted by Crippen LogP contribution is 2.36. The van der Waals surface area contributed by atoms with Gasteiger partial charge in [-0.1, -0.05) is 11.8 Å². The lowest BCUT2D eigenvalue weighted by atomic mass is 10.0. The van der Waals surface area contributed by atoms with E-state index >= 15 is 0 Å². The van der Waals surface area contributed by atoms with E-state index in [0.717, 1.165) is 36.7 Å². The fourth-order valence-electron chi connectivity index (χ4n) is 3.50. The number of hydrogen-bond donors (Lipinski definition) is 4. The number of halogens is 4. The number of allylic oxidation sites excluding steroid dienone is 1. The number of nitrogens with two attached hydrogens (primary N) is 1. The molecule has 1 saturated heterocycles. The monoisotopic (exact) mass is 474 g/mol. The van der Waals surface area contributed by atoms with Gasteiger partial charge in [-0.15, -0.1) is 0 Å². The number of anilines is 2. The molecule has 2 aromatic rings. The molecule has 178 valence electrons. The number of aliphatic hydroxyl groups excluding tert-OH is 1. The SMILES string of the molecule is N=C/C(C#Cc1ccc(F)c(C(=O)Nc2cc(C(F)(F)F)ccc2N2CCC[C@@H](O)C2)c1)=C\N. The third-order valence-electron chi connectivity index (χ3n) is 5.21. The molecule has 0 unspecified atom stereocenters. The molecule has 1 atom stereocenters. The highest BCUT2D eigenvalue weighted by Gasteiger charge is 2.32. The highest BCUT2D eigenvalue weighted by atomic mass is 19.4. The van der Waals surface area contributed by atoms with Gasteiger partial charge in [-0.3, -0.25) is 4.79 Å². The van der Waals surface area contributed by atoms with Crippen LogP contribution in [0.1, 0.15) is 34.3 Å². The van der Waals surface area contributed by atoms with Crippen LogP contribution in [-0.4, -0.2) is 36.4 Å². The lowest BCUT2D eigenvalue weighted by Crippen LogP contribution is -2.38. The molecule has 10 heteroatoms. The summed E-state index contributed by atoms with van der Waals surface area (Å²) in [4.78, 5) is 14.6. The maximum Gasteiger partial charge on any atom is 0.416 e. The molecule has 1 amide bonds. The molecule has 0 spiro atoms. The predicted octanol–water partition coefficient (Wildman–Crippen LogP) is 3.90. The molecule has 6 nitrogen and oxygen atoms in total. The zero-order chi connectivity index (χ0) is 24.9. The van der Waals surface area contributed by atoms with Crippen molar-refractivity contribution in [1.82, 2.24) is 0 Å². The van der Waals surface area contributed by atoms with E-state index in [0.29, 0.717) is 25.1 Å². The first-order valence-corrected chi connectivity index (χ1v) is 10.3. The summed E-state index contributed by atoms with van der Waals surface area (Å²) in [5, 5.41) is 19.5. The van der Waals surface area contributed by atoms with Gasteiger partial charge in [0, 0.05) is 31.1 Å². The van der Waals surface area contributed by atoms with Crippen LogP contribution in [0.5, 0.6) is 0 Å². The fourth-order valence-corrected chi connectivity index (χ4v) is 3.50. The van der Waals surface area contributed by atoms with Crippen molar-refractivity contribution in [3.05, 3.63) is 70.7 Å². The first kappa shape index (κ1) is 24.8. The molecule has 3 rings (SSSR count). The van der Waals surface area contributed by atoms with E-state index in [1.54, 1.807) is 4.90 Å². The van der Waals surface area contributed by atoms with E-state index in [9.17, 15) is 27.5 Å². The number of nitrogens with zero attached hydrogens (tertiary/aromatic N) is 1. The van der Waals surface area contributed by atoms with Crippen molar-refractivity contribution in [3.8, 4) is 11.8 Å². The number of β-amino-alcohol motifs (C(OH)–C–C–N with tert-alkyl or cyclic N) is 1.